The zero-order chi connectivity index (χ0) is 19.9. The summed E-state index contributed by atoms with van der Waals surface area (Å²) in [5.74, 6) is 0.671. The number of methoxy groups -OCH3 is 1. The highest BCUT2D eigenvalue weighted by Gasteiger charge is 2.11. The van der Waals surface area contributed by atoms with Crippen molar-refractivity contribution in [3.63, 3.8) is 0 Å². The van der Waals surface area contributed by atoms with E-state index in [1.807, 2.05) is 18.2 Å². The molecule has 0 amide bonds. The Bertz CT molecular complexity index is 966. The van der Waals surface area contributed by atoms with Crippen molar-refractivity contribution in [1.29, 1.82) is 0 Å². The molecule has 0 spiro atoms. The molecule has 0 aliphatic carbocycles. The van der Waals surface area contributed by atoms with Crippen LogP contribution in [0.5, 0.6) is 5.75 Å². The molecule has 0 unspecified atom stereocenters. The molecule has 0 aliphatic rings. The first-order valence-electron chi connectivity index (χ1n) is 8.34. The van der Waals surface area contributed by atoms with Crippen LogP contribution in [-0.4, -0.2) is 28.0 Å². The van der Waals surface area contributed by atoms with Crippen LogP contribution in [0.25, 0.3) is 0 Å². The fraction of sp³-hybridized carbons (Fsp3) is 0.158. The third kappa shape index (κ3) is 5.31. The van der Waals surface area contributed by atoms with Gasteiger partial charge in [-0.3, -0.25) is 4.79 Å². The SMILES string of the molecule is COc1ccccc1Nc1nc(N)nc(COC(=O)Cc2ccc(Cl)cc2)n1. The molecule has 0 fully saturated rings. The van der Waals surface area contributed by atoms with Crippen molar-refractivity contribution < 1.29 is 14.3 Å². The number of halogens is 1. The average Bonchev–Trinajstić information content (AvgIpc) is 2.68. The molecule has 1 heterocycles. The number of benzene rings is 2. The minimum atomic E-state index is -0.416. The van der Waals surface area contributed by atoms with Crippen LogP contribution in [0.1, 0.15) is 11.4 Å². The second-order valence-corrected chi connectivity index (χ2v) is 6.16. The van der Waals surface area contributed by atoms with E-state index in [0.29, 0.717) is 16.5 Å². The van der Waals surface area contributed by atoms with Gasteiger partial charge in [0.15, 0.2) is 12.4 Å². The van der Waals surface area contributed by atoms with Crippen molar-refractivity contribution in [2.45, 2.75) is 13.0 Å². The highest BCUT2D eigenvalue weighted by atomic mass is 35.5. The summed E-state index contributed by atoms with van der Waals surface area (Å²) in [6, 6.07) is 14.3. The van der Waals surface area contributed by atoms with Crippen molar-refractivity contribution in [1.82, 2.24) is 15.0 Å². The second-order valence-electron chi connectivity index (χ2n) is 5.72. The predicted octanol–water partition coefficient (Wildman–Crippen LogP) is 3.15. The van der Waals surface area contributed by atoms with E-state index in [0.717, 1.165) is 5.56 Å². The largest absolute Gasteiger partial charge is 0.495 e. The summed E-state index contributed by atoms with van der Waals surface area (Å²) in [6.45, 7) is -0.125. The number of hydrogen-bond donors (Lipinski definition) is 2. The first-order valence-corrected chi connectivity index (χ1v) is 8.72. The summed E-state index contributed by atoms with van der Waals surface area (Å²) in [5, 5.41) is 3.62. The van der Waals surface area contributed by atoms with Gasteiger partial charge in [-0.1, -0.05) is 35.9 Å². The number of rotatable bonds is 7. The first kappa shape index (κ1) is 19.4. The molecule has 0 saturated heterocycles. The van der Waals surface area contributed by atoms with Crippen LogP contribution < -0.4 is 15.8 Å². The predicted molar refractivity (Wildman–Crippen MR) is 105 cm³/mol. The van der Waals surface area contributed by atoms with E-state index in [4.69, 9.17) is 26.8 Å². The summed E-state index contributed by atoms with van der Waals surface area (Å²) >= 11 is 5.83. The number of nitrogens with zero attached hydrogens (tertiary/aromatic N) is 3. The van der Waals surface area contributed by atoms with E-state index < -0.39 is 5.97 Å². The molecule has 144 valence electrons. The third-order valence-corrected chi connectivity index (χ3v) is 3.93. The Hall–Kier alpha value is -3.39. The normalized spacial score (nSPS) is 10.4. The molecule has 2 aromatic carbocycles. The van der Waals surface area contributed by atoms with Crippen molar-refractivity contribution in [3.05, 3.63) is 64.9 Å². The van der Waals surface area contributed by atoms with Crippen LogP contribution in [0.15, 0.2) is 48.5 Å². The Morgan fingerprint density at radius 1 is 1.11 bits per heavy atom. The lowest BCUT2D eigenvalue weighted by atomic mass is 10.1. The number of ether oxygens (including phenoxy) is 2. The summed E-state index contributed by atoms with van der Waals surface area (Å²) < 4.78 is 10.5. The van der Waals surface area contributed by atoms with Crippen LogP contribution >= 0.6 is 11.6 Å². The van der Waals surface area contributed by atoms with Gasteiger partial charge in [0.1, 0.15) is 5.75 Å². The topological polar surface area (TPSA) is 112 Å². The molecular weight excluding hydrogens is 382 g/mol. The van der Waals surface area contributed by atoms with Crippen LogP contribution in [0.4, 0.5) is 17.6 Å². The number of anilines is 3. The molecule has 0 radical (unpaired) electrons. The van der Waals surface area contributed by atoms with E-state index in [-0.39, 0.29) is 30.7 Å². The van der Waals surface area contributed by atoms with E-state index in [1.54, 1.807) is 37.4 Å². The van der Waals surface area contributed by atoms with Crippen LogP contribution in [0, 0.1) is 0 Å². The fourth-order valence-electron chi connectivity index (χ4n) is 2.39. The molecular formula is C19H18ClN5O3. The molecule has 9 heteroatoms. The van der Waals surface area contributed by atoms with Gasteiger partial charge in [-0.05, 0) is 29.8 Å². The minimum Gasteiger partial charge on any atom is -0.495 e. The smallest absolute Gasteiger partial charge is 0.310 e. The van der Waals surface area contributed by atoms with E-state index in [9.17, 15) is 4.79 Å². The van der Waals surface area contributed by atoms with Gasteiger partial charge in [0.25, 0.3) is 0 Å². The number of carbonyl (C=O) groups excluding carboxylic acids is 1. The maximum atomic E-state index is 12.0. The van der Waals surface area contributed by atoms with E-state index in [1.165, 1.54) is 0 Å². The first-order chi connectivity index (χ1) is 13.5. The van der Waals surface area contributed by atoms with Gasteiger partial charge in [0.05, 0.1) is 19.2 Å². The molecule has 3 rings (SSSR count). The number of nitrogens with two attached hydrogens (primary N) is 1. The monoisotopic (exact) mass is 399 g/mol. The number of carbonyl (C=O) groups is 1. The highest BCUT2D eigenvalue weighted by Crippen LogP contribution is 2.25. The Balaban J connectivity index is 1.64. The van der Waals surface area contributed by atoms with Crippen molar-refractivity contribution in [3.8, 4) is 5.75 Å². The number of esters is 1. The second kappa shape index (κ2) is 9.01. The van der Waals surface area contributed by atoms with Gasteiger partial charge < -0.3 is 20.5 Å². The molecule has 8 nitrogen and oxygen atoms in total. The lowest BCUT2D eigenvalue weighted by Crippen LogP contribution is -2.12. The number of para-hydroxylation sites is 2. The Labute approximate surface area is 166 Å². The summed E-state index contributed by atoms with van der Waals surface area (Å²) in [5.41, 5.74) is 7.20. The number of hydrogen-bond acceptors (Lipinski definition) is 8. The molecule has 0 saturated carbocycles. The van der Waals surface area contributed by atoms with Gasteiger partial charge in [0, 0.05) is 5.02 Å². The lowest BCUT2D eigenvalue weighted by molar-refractivity contribution is -0.144. The summed E-state index contributed by atoms with van der Waals surface area (Å²) in [6.07, 6.45) is 0.115. The van der Waals surface area contributed by atoms with Crippen molar-refractivity contribution >= 4 is 35.2 Å². The molecule has 28 heavy (non-hydrogen) atoms. The molecule has 1 aromatic heterocycles. The molecule has 0 atom stereocenters. The van der Waals surface area contributed by atoms with Gasteiger partial charge in [-0.25, -0.2) is 0 Å². The highest BCUT2D eigenvalue weighted by molar-refractivity contribution is 6.30. The van der Waals surface area contributed by atoms with Gasteiger partial charge >= 0.3 is 5.97 Å². The van der Waals surface area contributed by atoms with Gasteiger partial charge in [0.2, 0.25) is 11.9 Å². The van der Waals surface area contributed by atoms with Gasteiger partial charge in [-0.15, -0.1) is 0 Å². The molecule has 0 bridgehead atoms. The molecule has 3 N–H and O–H groups in total. The van der Waals surface area contributed by atoms with Gasteiger partial charge in [-0.2, -0.15) is 15.0 Å². The Morgan fingerprint density at radius 3 is 2.61 bits per heavy atom. The number of aromatic nitrogens is 3. The van der Waals surface area contributed by atoms with E-state index >= 15 is 0 Å². The zero-order valence-corrected chi connectivity index (χ0v) is 15.8. The molecule has 3 aromatic rings. The average molecular weight is 400 g/mol. The maximum Gasteiger partial charge on any atom is 0.310 e. The van der Waals surface area contributed by atoms with Crippen LogP contribution in [-0.2, 0) is 22.6 Å². The zero-order valence-electron chi connectivity index (χ0n) is 15.1. The fourth-order valence-corrected chi connectivity index (χ4v) is 2.52. The molecule has 0 aliphatic heterocycles. The summed E-state index contributed by atoms with van der Waals surface area (Å²) in [7, 11) is 1.56. The number of nitrogen functional groups attached to an aromatic ring is 1. The Morgan fingerprint density at radius 2 is 1.86 bits per heavy atom. The third-order valence-electron chi connectivity index (χ3n) is 3.68. The van der Waals surface area contributed by atoms with Crippen molar-refractivity contribution in [2.24, 2.45) is 0 Å². The Kier molecular flexibility index (Phi) is 6.23. The number of nitrogens with one attached hydrogen (secondary N) is 1. The van der Waals surface area contributed by atoms with E-state index in [2.05, 4.69) is 20.3 Å². The minimum absolute atomic E-state index is 0.0103. The van der Waals surface area contributed by atoms with Crippen molar-refractivity contribution in [2.75, 3.05) is 18.2 Å². The lowest BCUT2D eigenvalue weighted by Gasteiger charge is -2.11. The summed E-state index contributed by atoms with van der Waals surface area (Å²) in [4.78, 5) is 24.3. The van der Waals surface area contributed by atoms with Crippen LogP contribution in [0.3, 0.4) is 0 Å². The standard InChI is InChI=1S/C19H18ClN5O3/c1-27-15-5-3-2-4-14(15)22-19-24-16(23-18(21)25-19)11-28-17(26)10-12-6-8-13(20)9-7-12/h2-9H,10-11H2,1H3,(H3,21,22,23,24,25). The quantitative estimate of drug-likeness (QED) is 0.582. The maximum absolute atomic E-state index is 12.0. The van der Waals surface area contributed by atoms with Crippen LogP contribution in [0.2, 0.25) is 5.02 Å².